The van der Waals surface area contributed by atoms with Gasteiger partial charge in [-0.25, -0.2) is 4.98 Å². The van der Waals surface area contributed by atoms with Crippen molar-refractivity contribution in [3.05, 3.63) is 30.1 Å². The average Bonchev–Trinajstić information content (AvgIpc) is 2.57. The molecule has 0 atom stereocenters. The molecule has 0 aliphatic carbocycles. The largest absolute Gasteiger partial charge is 1.00 e. The molecule has 2 rings (SSSR count). The van der Waals surface area contributed by atoms with Crippen LogP contribution in [-0.2, 0) is 17.9 Å². The van der Waals surface area contributed by atoms with Crippen molar-refractivity contribution >= 4 is 11.0 Å². The lowest BCUT2D eigenvalue weighted by Crippen LogP contribution is -3.00. The second kappa shape index (κ2) is 6.03. The molecule has 0 aliphatic heterocycles. The van der Waals surface area contributed by atoms with Crippen LogP contribution in [0.3, 0.4) is 0 Å². The Morgan fingerprint density at radius 3 is 2.65 bits per heavy atom. The van der Waals surface area contributed by atoms with Gasteiger partial charge in [-0.2, -0.15) is 0 Å². The van der Waals surface area contributed by atoms with Crippen molar-refractivity contribution in [2.45, 2.75) is 27.0 Å². The zero-order chi connectivity index (χ0) is 11.5. The van der Waals surface area contributed by atoms with Crippen molar-refractivity contribution in [2.75, 3.05) is 7.11 Å². The molecule has 0 aliphatic rings. The van der Waals surface area contributed by atoms with Gasteiger partial charge in [0.15, 0.2) is 0 Å². The van der Waals surface area contributed by atoms with E-state index in [2.05, 4.69) is 35.5 Å². The molecule has 0 saturated carbocycles. The Morgan fingerprint density at radius 1 is 1.29 bits per heavy atom. The maximum absolute atomic E-state index is 5.20. The van der Waals surface area contributed by atoms with Gasteiger partial charge in [0.25, 0.3) is 0 Å². The molecule has 0 bridgehead atoms. The smallest absolute Gasteiger partial charge is 0.135 e. The Bertz CT molecular complexity index is 479. The highest BCUT2D eigenvalue weighted by Gasteiger charge is 2.10. The second-order valence-electron chi connectivity index (χ2n) is 4.45. The number of ether oxygens (including phenoxy) is 1. The lowest BCUT2D eigenvalue weighted by Gasteiger charge is -2.11. The Labute approximate surface area is 108 Å². The summed E-state index contributed by atoms with van der Waals surface area (Å²) in [6.07, 6.45) is 0. The predicted molar refractivity (Wildman–Crippen MR) is 65.3 cm³/mol. The van der Waals surface area contributed by atoms with Gasteiger partial charge >= 0.3 is 0 Å². The molecule has 0 radical (unpaired) electrons. The molecule has 17 heavy (non-hydrogen) atoms. The molecule has 3 nitrogen and oxygen atoms in total. The summed E-state index contributed by atoms with van der Waals surface area (Å²) >= 11 is 0. The topological polar surface area (TPSA) is 27.1 Å². The molecule has 0 fully saturated rings. The van der Waals surface area contributed by atoms with Gasteiger partial charge in [-0.05, 0) is 18.1 Å². The van der Waals surface area contributed by atoms with Crippen molar-refractivity contribution in [3.8, 4) is 0 Å². The number of hydrogen-bond donors (Lipinski definition) is 0. The number of para-hydroxylation sites is 2. The van der Waals surface area contributed by atoms with Gasteiger partial charge in [0, 0.05) is 13.7 Å². The minimum atomic E-state index is 0. The van der Waals surface area contributed by atoms with Crippen LogP contribution in [-0.4, -0.2) is 16.7 Å². The fourth-order valence-electron chi connectivity index (χ4n) is 1.93. The highest BCUT2D eigenvalue weighted by molar-refractivity contribution is 5.75. The Hall–Kier alpha value is -1.06. The maximum atomic E-state index is 5.20. The van der Waals surface area contributed by atoms with Gasteiger partial charge in [-0.3, -0.25) is 0 Å². The molecule has 0 spiro atoms. The summed E-state index contributed by atoms with van der Waals surface area (Å²) < 4.78 is 7.45. The first-order valence-electron chi connectivity index (χ1n) is 5.65. The number of rotatable bonds is 4. The quantitative estimate of drug-likeness (QED) is 0.758. The van der Waals surface area contributed by atoms with E-state index in [1.807, 2.05) is 12.1 Å². The summed E-state index contributed by atoms with van der Waals surface area (Å²) in [4.78, 5) is 4.59. The van der Waals surface area contributed by atoms with Crippen molar-refractivity contribution in [1.29, 1.82) is 0 Å². The molecule has 1 heterocycles. The first kappa shape index (κ1) is 14.0. The van der Waals surface area contributed by atoms with Gasteiger partial charge in [0.1, 0.15) is 12.4 Å². The monoisotopic (exact) mass is 253 g/mol. The van der Waals surface area contributed by atoms with E-state index in [1.165, 1.54) is 5.52 Å². The second-order valence-corrected chi connectivity index (χ2v) is 4.45. The molecule has 94 valence electrons. The van der Waals surface area contributed by atoms with Crippen LogP contribution in [0.2, 0.25) is 0 Å². The third-order valence-corrected chi connectivity index (χ3v) is 2.55. The summed E-state index contributed by atoms with van der Waals surface area (Å²) in [7, 11) is 1.71. The van der Waals surface area contributed by atoms with E-state index in [4.69, 9.17) is 4.74 Å². The van der Waals surface area contributed by atoms with E-state index < -0.39 is 0 Å². The van der Waals surface area contributed by atoms with Gasteiger partial charge < -0.3 is 21.7 Å². The van der Waals surface area contributed by atoms with Crippen molar-refractivity contribution in [2.24, 2.45) is 5.92 Å². The summed E-state index contributed by atoms with van der Waals surface area (Å²) in [5, 5.41) is 0. The van der Waals surface area contributed by atoms with Crippen LogP contribution in [0.25, 0.3) is 11.0 Å². The van der Waals surface area contributed by atoms with E-state index in [0.717, 1.165) is 17.9 Å². The number of methoxy groups -OCH3 is 1. The Kier molecular flexibility index (Phi) is 4.97. The number of aromatic nitrogens is 2. The average molecular weight is 254 g/mol. The standard InChI is InChI=1S/C13H18N2O.ClH/c1-10(2)8-15-12-7-5-4-6-11(12)14-13(15)9-16-3;/h4-7,10H,8-9H2,1-3H3;1H/p-1. The van der Waals surface area contributed by atoms with Crippen LogP contribution in [0, 0.1) is 5.92 Å². The van der Waals surface area contributed by atoms with Crippen LogP contribution >= 0.6 is 0 Å². The molecule has 4 heteroatoms. The lowest BCUT2D eigenvalue weighted by molar-refractivity contribution is -0.00000383. The number of benzene rings is 1. The van der Waals surface area contributed by atoms with Crippen LogP contribution < -0.4 is 12.4 Å². The minimum Gasteiger partial charge on any atom is -1.00 e. The molecule has 0 amide bonds. The molecular formula is C13H18ClN2O-. The molecule has 1 aromatic carbocycles. The molecule has 0 unspecified atom stereocenters. The molecule has 0 N–H and O–H groups in total. The van der Waals surface area contributed by atoms with Crippen molar-refractivity contribution in [3.63, 3.8) is 0 Å². The normalized spacial score (nSPS) is 10.8. The minimum absolute atomic E-state index is 0. The highest BCUT2D eigenvalue weighted by Crippen LogP contribution is 2.18. The molecule has 2 aromatic rings. The summed E-state index contributed by atoms with van der Waals surface area (Å²) in [6, 6.07) is 8.23. The SMILES string of the molecule is COCc1nc2ccccc2n1CC(C)C.[Cl-]. The third kappa shape index (κ3) is 2.99. The summed E-state index contributed by atoms with van der Waals surface area (Å²) in [5.41, 5.74) is 2.25. The Balaban J connectivity index is 0.00000144. The summed E-state index contributed by atoms with van der Waals surface area (Å²) in [5.74, 6) is 1.62. The molecular weight excluding hydrogens is 236 g/mol. The van der Waals surface area contributed by atoms with E-state index >= 15 is 0 Å². The van der Waals surface area contributed by atoms with E-state index in [9.17, 15) is 0 Å². The van der Waals surface area contributed by atoms with Crippen molar-refractivity contribution < 1.29 is 17.1 Å². The third-order valence-electron chi connectivity index (χ3n) is 2.55. The Morgan fingerprint density at radius 2 is 2.00 bits per heavy atom. The first-order chi connectivity index (χ1) is 7.72. The van der Waals surface area contributed by atoms with Crippen LogP contribution in [0.1, 0.15) is 19.7 Å². The van der Waals surface area contributed by atoms with Crippen LogP contribution in [0.4, 0.5) is 0 Å². The fraction of sp³-hybridized carbons (Fsp3) is 0.462. The van der Waals surface area contributed by atoms with Gasteiger partial charge in [-0.1, -0.05) is 26.0 Å². The number of halogens is 1. The lowest BCUT2D eigenvalue weighted by atomic mass is 10.2. The summed E-state index contributed by atoms with van der Waals surface area (Å²) in [6.45, 7) is 5.98. The van der Waals surface area contributed by atoms with E-state index in [1.54, 1.807) is 7.11 Å². The van der Waals surface area contributed by atoms with Crippen LogP contribution in [0.15, 0.2) is 24.3 Å². The van der Waals surface area contributed by atoms with E-state index in [0.29, 0.717) is 12.5 Å². The fourth-order valence-corrected chi connectivity index (χ4v) is 1.93. The maximum Gasteiger partial charge on any atom is 0.135 e. The van der Waals surface area contributed by atoms with Gasteiger partial charge in [0.2, 0.25) is 0 Å². The van der Waals surface area contributed by atoms with Crippen LogP contribution in [0.5, 0.6) is 0 Å². The highest BCUT2D eigenvalue weighted by atomic mass is 35.5. The zero-order valence-electron chi connectivity index (χ0n) is 10.5. The van der Waals surface area contributed by atoms with Crippen molar-refractivity contribution in [1.82, 2.24) is 9.55 Å². The number of fused-ring (bicyclic) bond motifs is 1. The van der Waals surface area contributed by atoms with Gasteiger partial charge in [-0.15, -0.1) is 0 Å². The van der Waals surface area contributed by atoms with E-state index in [-0.39, 0.29) is 12.4 Å². The number of nitrogens with zero attached hydrogens (tertiary/aromatic N) is 2. The zero-order valence-corrected chi connectivity index (χ0v) is 11.2. The number of hydrogen-bond acceptors (Lipinski definition) is 2. The number of imidazole rings is 1. The van der Waals surface area contributed by atoms with Gasteiger partial charge in [0.05, 0.1) is 11.0 Å². The first-order valence-corrected chi connectivity index (χ1v) is 5.65. The molecule has 1 aromatic heterocycles. The molecule has 0 saturated heterocycles. The predicted octanol–water partition coefficient (Wildman–Crippen LogP) is -0.157.